The van der Waals surface area contributed by atoms with Gasteiger partial charge in [-0.25, -0.2) is 0 Å². The lowest BCUT2D eigenvalue weighted by molar-refractivity contribution is 0.0610. The third-order valence-corrected chi connectivity index (χ3v) is 2.68. The largest absolute Gasteiger partial charge is 0.372 e. The fourth-order valence-corrected chi connectivity index (χ4v) is 1.80. The Bertz CT molecular complexity index is 315. The SMILES string of the molecule is CCOC(CNC(C)C)c1ccccc1Cl. The molecule has 0 radical (unpaired) electrons. The summed E-state index contributed by atoms with van der Waals surface area (Å²) in [6.07, 6.45) is 0.0288. The molecule has 2 nitrogen and oxygen atoms in total. The van der Waals surface area contributed by atoms with Crippen LogP contribution in [0.5, 0.6) is 0 Å². The molecule has 0 amide bonds. The van der Waals surface area contributed by atoms with E-state index < -0.39 is 0 Å². The van der Waals surface area contributed by atoms with Crippen LogP contribution in [-0.2, 0) is 4.74 Å². The summed E-state index contributed by atoms with van der Waals surface area (Å²) < 4.78 is 5.71. The Morgan fingerprint density at radius 3 is 2.56 bits per heavy atom. The lowest BCUT2D eigenvalue weighted by atomic mass is 10.1. The van der Waals surface area contributed by atoms with E-state index in [9.17, 15) is 0 Å². The van der Waals surface area contributed by atoms with Gasteiger partial charge in [0.2, 0.25) is 0 Å². The van der Waals surface area contributed by atoms with Crippen LogP contribution in [0.1, 0.15) is 32.4 Å². The zero-order chi connectivity index (χ0) is 12.0. The molecule has 0 saturated heterocycles. The van der Waals surface area contributed by atoms with Crippen molar-refractivity contribution >= 4 is 11.6 Å². The van der Waals surface area contributed by atoms with Crippen LogP contribution in [0.25, 0.3) is 0 Å². The average Bonchev–Trinajstić information content (AvgIpc) is 2.25. The second kappa shape index (κ2) is 6.89. The summed E-state index contributed by atoms with van der Waals surface area (Å²) in [6, 6.07) is 8.29. The third kappa shape index (κ3) is 4.12. The van der Waals surface area contributed by atoms with Crippen molar-refractivity contribution in [1.82, 2.24) is 5.32 Å². The summed E-state index contributed by atoms with van der Waals surface area (Å²) in [4.78, 5) is 0. The van der Waals surface area contributed by atoms with Gasteiger partial charge in [0.1, 0.15) is 0 Å². The first kappa shape index (κ1) is 13.5. The van der Waals surface area contributed by atoms with E-state index in [0.29, 0.717) is 12.6 Å². The van der Waals surface area contributed by atoms with Crippen LogP contribution in [-0.4, -0.2) is 19.2 Å². The molecule has 16 heavy (non-hydrogen) atoms. The van der Waals surface area contributed by atoms with Crippen molar-refractivity contribution in [3.8, 4) is 0 Å². The monoisotopic (exact) mass is 241 g/mol. The molecule has 1 aromatic rings. The molecular formula is C13H20ClNO. The molecular weight excluding hydrogens is 222 g/mol. The van der Waals surface area contributed by atoms with E-state index in [-0.39, 0.29) is 6.10 Å². The van der Waals surface area contributed by atoms with Crippen LogP contribution in [0.15, 0.2) is 24.3 Å². The molecule has 1 atom stereocenters. The van der Waals surface area contributed by atoms with Gasteiger partial charge in [-0.2, -0.15) is 0 Å². The maximum Gasteiger partial charge on any atom is 0.0963 e. The molecule has 0 aliphatic carbocycles. The predicted octanol–water partition coefficient (Wildman–Crippen LogP) is 3.42. The van der Waals surface area contributed by atoms with Gasteiger partial charge in [-0.15, -0.1) is 0 Å². The minimum absolute atomic E-state index is 0.0288. The van der Waals surface area contributed by atoms with Crippen LogP contribution in [0.3, 0.4) is 0 Å². The van der Waals surface area contributed by atoms with Crippen LogP contribution in [0, 0.1) is 0 Å². The van der Waals surface area contributed by atoms with Gasteiger partial charge in [0, 0.05) is 29.8 Å². The second-order valence-electron chi connectivity index (χ2n) is 4.03. The summed E-state index contributed by atoms with van der Waals surface area (Å²) in [7, 11) is 0. The van der Waals surface area contributed by atoms with Crippen molar-refractivity contribution < 1.29 is 4.74 Å². The first-order valence-electron chi connectivity index (χ1n) is 5.74. The Hall–Kier alpha value is -0.570. The van der Waals surface area contributed by atoms with E-state index >= 15 is 0 Å². The minimum atomic E-state index is 0.0288. The molecule has 1 rings (SSSR count). The molecule has 0 aliphatic heterocycles. The molecule has 0 bridgehead atoms. The number of halogens is 1. The summed E-state index contributed by atoms with van der Waals surface area (Å²) in [6.45, 7) is 7.72. The van der Waals surface area contributed by atoms with Gasteiger partial charge in [-0.1, -0.05) is 43.6 Å². The van der Waals surface area contributed by atoms with Crippen molar-refractivity contribution in [3.05, 3.63) is 34.9 Å². The smallest absolute Gasteiger partial charge is 0.0963 e. The number of hydrogen-bond acceptors (Lipinski definition) is 2. The Morgan fingerprint density at radius 1 is 1.31 bits per heavy atom. The molecule has 90 valence electrons. The maximum atomic E-state index is 6.16. The van der Waals surface area contributed by atoms with Gasteiger partial charge in [0.15, 0.2) is 0 Å². The minimum Gasteiger partial charge on any atom is -0.372 e. The van der Waals surface area contributed by atoms with Crippen LogP contribution < -0.4 is 5.32 Å². The molecule has 0 aliphatic rings. The first-order chi connectivity index (χ1) is 7.65. The normalized spacial score (nSPS) is 13.1. The van der Waals surface area contributed by atoms with Crippen molar-refractivity contribution in [2.24, 2.45) is 0 Å². The average molecular weight is 242 g/mol. The van der Waals surface area contributed by atoms with Crippen LogP contribution >= 0.6 is 11.6 Å². The standard InChI is InChI=1S/C13H20ClNO/c1-4-16-13(9-15-10(2)3)11-7-5-6-8-12(11)14/h5-8,10,13,15H,4,9H2,1-3H3. The number of ether oxygens (including phenoxy) is 1. The summed E-state index contributed by atoms with van der Waals surface area (Å²) in [5.41, 5.74) is 1.05. The molecule has 0 aromatic heterocycles. The van der Waals surface area contributed by atoms with Gasteiger partial charge < -0.3 is 10.1 Å². The van der Waals surface area contributed by atoms with E-state index in [4.69, 9.17) is 16.3 Å². The topological polar surface area (TPSA) is 21.3 Å². The Labute approximate surface area is 103 Å². The van der Waals surface area contributed by atoms with Crippen LogP contribution in [0.4, 0.5) is 0 Å². The van der Waals surface area contributed by atoms with E-state index in [2.05, 4.69) is 19.2 Å². The predicted molar refractivity (Wildman–Crippen MR) is 69.0 cm³/mol. The molecule has 0 heterocycles. The van der Waals surface area contributed by atoms with Crippen molar-refractivity contribution in [1.29, 1.82) is 0 Å². The van der Waals surface area contributed by atoms with E-state index in [0.717, 1.165) is 17.1 Å². The van der Waals surface area contributed by atoms with Gasteiger partial charge in [-0.05, 0) is 13.0 Å². The Morgan fingerprint density at radius 2 is 2.00 bits per heavy atom. The van der Waals surface area contributed by atoms with Gasteiger partial charge in [0.25, 0.3) is 0 Å². The van der Waals surface area contributed by atoms with Crippen molar-refractivity contribution in [2.45, 2.75) is 32.9 Å². The number of benzene rings is 1. The quantitative estimate of drug-likeness (QED) is 0.824. The highest BCUT2D eigenvalue weighted by molar-refractivity contribution is 6.31. The Kier molecular flexibility index (Phi) is 5.81. The number of nitrogens with one attached hydrogen (secondary N) is 1. The zero-order valence-electron chi connectivity index (χ0n) is 10.2. The fraction of sp³-hybridized carbons (Fsp3) is 0.538. The molecule has 1 unspecified atom stereocenters. The first-order valence-corrected chi connectivity index (χ1v) is 6.12. The molecule has 1 N–H and O–H groups in total. The van der Waals surface area contributed by atoms with Gasteiger partial charge in [-0.3, -0.25) is 0 Å². The Balaban J connectivity index is 2.73. The summed E-state index contributed by atoms with van der Waals surface area (Å²) in [5, 5.41) is 4.14. The summed E-state index contributed by atoms with van der Waals surface area (Å²) in [5.74, 6) is 0. The third-order valence-electron chi connectivity index (χ3n) is 2.33. The summed E-state index contributed by atoms with van der Waals surface area (Å²) >= 11 is 6.16. The molecule has 0 spiro atoms. The number of hydrogen-bond donors (Lipinski definition) is 1. The lowest BCUT2D eigenvalue weighted by Gasteiger charge is -2.20. The van der Waals surface area contributed by atoms with Crippen LogP contribution in [0.2, 0.25) is 5.02 Å². The molecule has 3 heteroatoms. The van der Waals surface area contributed by atoms with Gasteiger partial charge >= 0.3 is 0 Å². The highest BCUT2D eigenvalue weighted by Gasteiger charge is 2.14. The van der Waals surface area contributed by atoms with E-state index in [1.165, 1.54) is 0 Å². The van der Waals surface area contributed by atoms with Crippen molar-refractivity contribution in [3.63, 3.8) is 0 Å². The highest BCUT2D eigenvalue weighted by atomic mass is 35.5. The van der Waals surface area contributed by atoms with Crippen molar-refractivity contribution in [2.75, 3.05) is 13.2 Å². The molecule has 1 aromatic carbocycles. The lowest BCUT2D eigenvalue weighted by Crippen LogP contribution is -2.29. The van der Waals surface area contributed by atoms with E-state index in [1.54, 1.807) is 0 Å². The zero-order valence-corrected chi connectivity index (χ0v) is 10.9. The molecule has 0 fully saturated rings. The number of rotatable bonds is 6. The van der Waals surface area contributed by atoms with Gasteiger partial charge in [0.05, 0.1) is 6.10 Å². The maximum absolute atomic E-state index is 6.16. The molecule has 0 saturated carbocycles. The van der Waals surface area contributed by atoms with E-state index in [1.807, 2.05) is 31.2 Å². The second-order valence-corrected chi connectivity index (χ2v) is 4.44. The fourth-order valence-electron chi connectivity index (χ4n) is 1.54. The highest BCUT2D eigenvalue weighted by Crippen LogP contribution is 2.24.